The van der Waals surface area contributed by atoms with Gasteiger partial charge in [0.2, 0.25) is 0 Å². The molecular formula is C21H20ClN3O5. The molecule has 1 aliphatic heterocycles. The highest BCUT2D eigenvalue weighted by Gasteiger charge is 2.38. The first-order chi connectivity index (χ1) is 14.6. The lowest BCUT2D eigenvalue weighted by Gasteiger charge is -2.41. The number of halogens is 1. The van der Waals surface area contributed by atoms with Crippen molar-refractivity contribution in [3.8, 4) is 0 Å². The molecule has 0 spiro atoms. The van der Waals surface area contributed by atoms with E-state index in [2.05, 4.69) is 9.97 Å². The highest BCUT2D eigenvalue weighted by molar-refractivity contribution is 6.31. The first-order valence-electron chi connectivity index (χ1n) is 9.17. The quantitative estimate of drug-likeness (QED) is 0.615. The maximum atomic E-state index is 13.4. The van der Waals surface area contributed by atoms with Crippen molar-refractivity contribution in [2.45, 2.75) is 12.1 Å². The van der Waals surface area contributed by atoms with E-state index in [0.717, 1.165) is 5.56 Å². The molecule has 1 saturated heterocycles. The number of carbonyl (C=O) groups is 2. The molecule has 0 radical (unpaired) electrons. The number of carbonyl (C=O) groups excluding carboxylic acids is 1. The molecule has 2 N–H and O–H groups in total. The molecule has 9 heteroatoms. The Morgan fingerprint density at radius 3 is 2.67 bits per heavy atom. The van der Waals surface area contributed by atoms with Gasteiger partial charge in [-0.15, -0.1) is 0 Å². The number of hydrogen-bond acceptors (Lipinski definition) is 6. The van der Waals surface area contributed by atoms with Crippen LogP contribution < -0.4 is 0 Å². The van der Waals surface area contributed by atoms with Crippen LogP contribution in [0.3, 0.4) is 0 Å². The third-order valence-corrected chi connectivity index (χ3v) is 5.09. The number of amides is 1. The minimum Gasteiger partial charge on any atom is -0.483 e. The lowest BCUT2D eigenvalue weighted by molar-refractivity contribution is -0.122. The summed E-state index contributed by atoms with van der Waals surface area (Å²) in [5, 5.41) is 17.2. The topological polar surface area (TPSA) is 113 Å². The van der Waals surface area contributed by atoms with Crippen LogP contribution in [0, 0.1) is 0 Å². The molecule has 8 nitrogen and oxygen atoms in total. The van der Waals surface area contributed by atoms with Crippen LogP contribution in [-0.4, -0.2) is 63.3 Å². The summed E-state index contributed by atoms with van der Waals surface area (Å²) in [5.41, 5.74) is 2.42. The Labute approximate surface area is 177 Å². The van der Waals surface area contributed by atoms with Crippen LogP contribution in [0.1, 0.15) is 22.0 Å². The zero-order valence-corrected chi connectivity index (χ0v) is 16.6. The molecular weight excluding hydrogens is 410 g/mol. The predicted molar refractivity (Wildman–Crippen MR) is 110 cm³/mol. The van der Waals surface area contributed by atoms with E-state index in [4.69, 9.17) is 26.2 Å². The minimum absolute atomic E-state index is 0.187. The highest BCUT2D eigenvalue weighted by Crippen LogP contribution is 2.35. The maximum absolute atomic E-state index is 13.4. The third-order valence-electron chi connectivity index (χ3n) is 4.75. The molecule has 1 amide bonds. The van der Waals surface area contributed by atoms with Crippen LogP contribution in [0.5, 0.6) is 0 Å². The Balaban J connectivity index is 0.000000806. The number of carboxylic acid groups (broad SMARTS) is 1. The molecule has 0 bridgehead atoms. The second-order valence-corrected chi connectivity index (χ2v) is 6.80. The van der Waals surface area contributed by atoms with E-state index in [1.165, 1.54) is 0 Å². The van der Waals surface area contributed by atoms with E-state index in [9.17, 15) is 9.90 Å². The molecule has 0 saturated carbocycles. The lowest BCUT2D eigenvalue weighted by Crippen LogP contribution is -2.49. The maximum Gasteiger partial charge on any atom is 0.290 e. The largest absolute Gasteiger partial charge is 0.483 e. The Kier molecular flexibility index (Phi) is 7.29. The Morgan fingerprint density at radius 2 is 1.93 bits per heavy atom. The lowest BCUT2D eigenvalue weighted by atomic mass is 9.97. The highest BCUT2D eigenvalue weighted by atomic mass is 35.5. The molecule has 3 aromatic rings. The number of aliphatic hydroxyl groups is 1. The van der Waals surface area contributed by atoms with Gasteiger partial charge >= 0.3 is 0 Å². The van der Waals surface area contributed by atoms with Crippen molar-refractivity contribution in [3.63, 3.8) is 0 Å². The van der Waals surface area contributed by atoms with Gasteiger partial charge < -0.3 is 19.8 Å². The predicted octanol–water partition coefficient (Wildman–Crippen LogP) is 2.56. The Bertz CT molecular complexity index is 1030. The summed E-state index contributed by atoms with van der Waals surface area (Å²) in [7, 11) is 0. The Morgan fingerprint density at radius 1 is 1.20 bits per heavy atom. The SMILES string of the molecule is O=C(c1cccc2nccnc12)N1CCO[C@@H](CO)[C@@H]1c1ccccc1Cl.O=CO. The van der Waals surface area contributed by atoms with Crippen LogP contribution in [0.4, 0.5) is 0 Å². The van der Waals surface area contributed by atoms with Crippen molar-refractivity contribution in [1.29, 1.82) is 0 Å². The van der Waals surface area contributed by atoms with Gasteiger partial charge in [-0.3, -0.25) is 19.6 Å². The Hall–Kier alpha value is -3.07. The van der Waals surface area contributed by atoms with Crippen LogP contribution >= 0.6 is 11.6 Å². The normalized spacial score (nSPS) is 18.4. The summed E-state index contributed by atoms with van der Waals surface area (Å²) < 4.78 is 5.72. The molecule has 156 valence electrons. The summed E-state index contributed by atoms with van der Waals surface area (Å²) in [4.78, 5) is 32.1. The zero-order chi connectivity index (χ0) is 21.5. The number of aliphatic hydroxyl groups excluding tert-OH is 1. The van der Waals surface area contributed by atoms with Crippen molar-refractivity contribution >= 4 is 35.0 Å². The fraction of sp³-hybridized carbons (Fsp3) is 0.238. The van der Waals surface area contributed by atoms with Gasteiger partial charge in [0.05, 0.1) is 30.3 Å². The molecule has 0 aliphatic carbocycles. The number of rotatable bonds is 3. The van der Waals surface area contributed by atoms with Gasteiger partial charge in [-0.2, -0.15) is 0 Å². The summed E-state index contributed by atoms with van der Waals surface area (Å²) in [6.45, 7) is 0.269. The van der Waals surface area contributed by atoms with Crippen LogP contribution in [0.15, 0.2) is 54.9 Å². The van der Waals surface area contributed by atoms with Crippen molar-refractivity contribution in [2.24, 2.45) is 0 Å². The van der Waals surface area contributed by atoms with E-state index in [1.54, 1.807) is 35.5 Å². The van der Waals surface area contributed by atoms with Crippen LogP contribution in [0.25, 0.3) is 11.0 Å². The van der Waals surface area contributed by atoms with E-state index in [-0.39, 0.29) is 19.0 Å². The monoisotopic (exact) mass is 429 g/mol. The van der Waals surface area contributed by atoms with Crippen molar-refractivity contribution in [1.82, 2.24) is 14.9 Å². The molecule has 30 heavy (non-hydrogen) atoms. The van der Waals surface area contributed by atoms with Crippen molar-refractivity contribution < 1.29 is 24.5 Å². The summed E-state index contributed by atoms with van der Waals surface area (Å²) in [6, 6.07) is 12.2. The van der Waals surface area contributed by atoms with E-state index >= 15 is 0 Å². The van der Waals surface area contributed by atoms with Gasteiger partial charge in [-0.1, -0.05) is 35.9 Å². The molecule has 1 aliphatic rings. The van der Waals surface area contributed by atoms with E-state index < -0.39 is 12.1 Å². The third kappa shape index (κ3) is 4.40. The van der Waals surface area contributed by atoms with Gasteiger partial charge in [0.15, 0.2) is 0 Å². The first-order valence-corrected chi connectivity index (χ1v) is 9.55. The fourth-order valence-corrected chi connectivity index (χ4v) is 3.76. The van der Waals surface area contributed by atoms with Crippen molar-refractivity contribution in [3.05, 3.63) is 71.0 Å². The number of fused-ring (bicyclic) bond motifs is 1. The van der Waals surface area contributed by atoms with Gasteiger partial charge in [-0.25, -0.2) is 0 Å². The summed E-state index contributed by atoms with van der Waals surface area (Å²) >= 11 is 6.39. The molecule has 4 rings (SSSR count). The number of aromatic nitrogens is 2. The number of ether oxygens (including phenoxy) is 1. The molecule has 2 atom stereocenters. The van der Waals surface area contributed by atoms with Gasteiger partial charge in [0, 0.05) is 24.0 Å². The first kappa shape index (κ1) is 21.6. The molecule has 2 aromatic carbocycles. The minimum atomic E-state index is -0.552. The molecule has 2 heterocycles. The average Bonchev–Trinajstić information content (AvgIpc) is 2.78. The summed E-state index contributed by atoms with van der Waals surface area (Å²) in [5.74, 6) is -0.187. The van der Waals surface area contributed by atoms with Crippen LogP contribution in [0.2, 0.25) is 5.02 Å². The summed E-state index contributed by atoms with van der Waals surface area (Å²) in [6.07, 6.45) is 2.61. The number of morpholine rings is 1. The number of para-hydroxylation sites is 1. The number of benzene rings is 2. The number of nitrogens with zero attached hydrogens (tertiary/aromatic N) is 3. The standard InChI is InChI=1S/C20H18ClN3O3.CH2O2/c21-15-6-2-1-4-13(15)19-17(12-25)27-11-10-24(19)20(26)14-5-3-7-16-18(14)23-9-8-22-16;2-1-3/h1-9,17,19,25H,10-12H2;1H,(H,2,3)/t17-,19-;/m0./s1. The molecule has 1 aromatic heterocycles. The van der Waals surface area contributed by atoms with Gasteiger partial charge in [-0.05, 0) is 23.8 Å². The van der Waals surface area contributed by atoms with E-state index in [0.29, 0.717) is 34.8 Å². The zero-order valence-electron chi connectivity index (χ0n) is 15.9. The number of hydrogen-bond donors (Lipinski definition) is 2. The van der Waals surface area contributed by atoms with Crippen molar-refractivity contribution in [2.75, 3.05) is 19.8 Å². The average molecular weight is 430 g/mol. The van der Waals surface area contributed by atoms with Gasteiger partial charge in [0.1, 0.15) is 11.6 Å². The molecule has 0 unspecified atom stereocenters. The second kappa shape index (κ2) is 10.1. The fourth-order valence-electron chi connectivity index (χ4n) is 3.52. The molecule has 1 fully saturated rings. The smallest absolute Gasteiger partial charge is 0.290 e. The van der Waals surface area contributed by atoms with Gasteiger partial charge in [0.25, 0.3) is 12.4 Å². The second-order valence-electron chi connectivity index (χ2n) is 6.39. The van der Waals surface area contributed by atoms with Crippen LogP contribution in [-0.2, 0) is 9.53 Å². The van der Waals surface area contributed by atoms with E-state index in [1.807, 2.05) is 24.3 Å².